The number of hydrogen-bond donors (Lipinski definition) is 2. The van der Waals surface area contributed by atoms with Crippen molar-refractivity contribution < 1.29 is 0 Å². The molecule has 0 saturated heterocycles. The summed E-state index contributed by atoms with van der Waals surface area (Å²) in [5.41, 5.74) is 0.996. The molecule has 0 radical (unpaired) electrons. The highest BCUT2D eigenvalue weighted by Gasteiger charge is 2.11. The van der Waals surface area contributed by atoms with Gasteiger partial charge in [0.15, 0.2) is 0 Å². The van der Waals surface area contributed by atoms with Gasteiger partial charge in [-0.2, -0.15) is 4.98 Å². The second-order valence-electron chi connectivity index (χ2n) is 4.57. The van der Waals surface area contributed by atoms with Crippen LogP contribution in [-0.2, 0) is 6.42 Å². The van der Waals surface area contributed by atoms with Crippen LogP contribution in [0.2, 0.25) is 0 Å². The van der Waals surface area contributed by atoms with Crippen LogP contribution >= 0.6 is 27.3 Å². The lowest BCUT2D eigenvalue weighted by Crippen LogP contribution is -2.00. The zero-order valence-electron chi connectivity index (χ0n) is 11.8. The molecule has 108 valence electrons. The van der Waals surface area contributed by atoms with E-state index in [9.17, 15) is 0 Å². The number of halogens is 1. The molecule has 0 amide bonds. The van der Waals surface area contributed by atoms with Gasteiger partial charge in [-0.05, 0) is 30.7 Å². The molecule has 0 unspecified atom stereocenters. The molecule has 0 aliphatic rings. The van der Waals surface area contributed by atoms with E-state index in [-0.39, 0.29) is 0 Å². The summed E-state index contributed by atoms with van der Waals surface area (Å²) in [4.78, 5) is 11.4. The first-order valence-electron chi connectivity index (χ1n) is 6.70. The van der Waals surface area contributed by atoms with Crippen molar-refractivity contribution in [1.82, 2.24) is 9.97 Å². The van der Waals surface area contributed by atoms with Crippen molar-refractivity contribution in [3.05, 3.63) is 39.7 Å². The van der Waals surface area contributed by atoms with E-state index < -0.39 is 0 Å². The molecule has 0 aliphatic heterocycles. The van der Waals surface area contributed by atoms with Crippen molar-refractivity contribution in [1.29, 1.82) is 0 Å². The van der Waals surface area contributed by atoms with Gasteiger partial charge in [-0.3, -0.25) is 0 Å². The highest BCUT2D eigenvalue weighted by Crippen LogP contribution is 2.32. The van der Waals surface area contributed by atoms with Crippen molar-refractivity contribution in [3.8, 4) is 0 Å². The highest BCUT2D eigenvalue weighted by molar-refractivity contribution is 9.10. The summed E-state index contributed by atoms with van der Waals surface area (Å²) in [6.07, 6.45) is 1.01. The minimum atomic E-state index is 0.629. The fraction of sp³-hybridized carbons (Fsp3) is 0.200. The van der Waals surface area contributed by atoms with Crippen LogP contribution in [0.3, 0.4) is 0 Å². The fourth-order valence-corrected chi connectivity index (χ4v) is 3.42. The maximum atomic E-state index is 4.55. The number of benzene rings is 1. The fourth-order valence-electron chi connectivity index (χ4n) is 2.06. The standard InChI is InChI=1S/C15H15BrN4S/c1-3-11-8-12-13(18-10-6-4-5-9(16)7-10)19-15(17-2)20-14(12)21-11/h4-8H,3H2,1-2H3,(H2,17,18,19,20). The van der Waals surface area contributed by atoms with Crippen molar-refractivity contribution in [2.24, 2.45) is 0 Å². The summed E-state index contributed by atoms with van der Waals surface area (Å²) in [6, 6.07) is 10.2. The molecule has 0 aliphatic carbocycles. The topological polar surface area (TPSA) is 49.8 Å². The molecule has 3 rings (SSSR count). The third kappa shape index (κ3) is 3.01. The number of anilines is 3. The monoisotopic (exact) mass is 362 g/mol. The Bertz CT molecular complexity index is 784. The smallest absolute Gasteiger partial charge is 0.225 e. The molecule has 21 heavy (non-hydrogen) atoms. The maximum Gasteiger partial charge on any atom is 0.225 e. The second-order valence-corrected chi connectivity index (χ2v) is 6.60. The lowest BCUT2D eigenvalue weighted by atomic mass is 10.3. The average Bonchev–Trinajstić information content (AvgIpc) is 2.90. The Morgan fingerprint density at radius 2 is 2.10 bits per heavy atom. The minimum Gasteiger partial charge on any atom is -0.357 e. The number of nitrogens with one attached hydrogen (secondary N) is 2. The van der Waals surface area contributed by atoms with Crippen LogP contribution in [0.25, 0.3) is 10.2 Å². The highest BCUT2D eigenvalue weighted by atomic mass is 79.9. The van der Waals surface area contributed by atoms with Crippen LogP contribution < -0.4 is 10.6 Å². The van der Waals surface area contributed by atoms with Crippen LogP contribution in [0, 0.1) is 0 Å². The first-order chi connectivity index (χ1) is 10.2. The lowest BCUT2D eigenvalue weighted by molar-refractivity contribution is 1.19. The third-order valence-corrected chi connectivity index (χ3v) is 4.77. The third-order valence-electron chi connectivity index (χ3n) is 3.10. The van der Waals surface area contributed by atoms with Gasteiger partial charge in [-0.1, -0.05) is 28.9 Å². The van der Waals surface area contributed by atoms with Gasteiger partial charge in [0.25, 0.3) is 0 Å². The molecule has 0 bridgehead atoms. The molecule has 3 aromatic rings. The van der Waals surface area contributed by atoms with E-state index in [4.69, 9.17) is 0 Å². The number of nitrogens with zero attached hydrogens (tertiary/aromatic N) is 2. The first-order valence-corrected chi connectivity index (χ1v) is 8.31. The summed E-state index contributed by atoms with van der Waals surface area (Å²) in [5, 5.41) is 7.47. The predicted octanol–water partition coefficient (Wildman–Crippen LogP) is 4.80. The van der Waals surface area contributed by atoms with E-state index in [0.29, 0.717) is 5.95 Å². The first kappa shape index (κ1) is 14.3. The van der Waals surface area contributed by atoms with Crippen LogP contribution in [0.15, 0.2) is 34.8 Å². The maximum absolute atomic E-state index is 4.55. The Hall–Kier alpha value is -1.66. The van der Waals surface area contributed by atoms with Gasteiger partial charge in [0.05, 0.1) is 5.39 Å². The van der Waals surface area contributed by atoms with E-state index in [1.165, 1.54) is 4.88 Å². The molecule has 0 spiro atoms. The Morgan fingerprint density at radius 3 is 2.81 bits per heavy atom. The molecule has 0 fully saturated rings. The zero-order chi connectivity index (χ0) is 14.8. The van der Waals surface area contributed by atoms with Gasteiger partial charge in [0.2, 0.25) is 5.95 Å². The predicted molar refractivity (Wildman–Crippen MR) is 93.8 cm³/mol. The van der Waals surface area contributed by atoms with Crippen molar-refractivity contribution in [2.75, 3.05) is 17.7 Å². The quantitative estimate of drug-likeness (QED) is 0.699. The summed E-state index contributed by atoms with van der Waals surface area (Å²) >= 11 is 5.20. The van der Waals surface area contributed by atoms with Crippen molar-refractivity contribution in [3.63, 3.8) is 0 Å². The molecule has 4 nitrogen and oxygen atoms in total. The Balaban J connectivity index is 2.09. The molecule has 0 atom stereocenters. The molecular formula is C15H15BrN4S. The number of aromatic nitrogens is 2. The van der Waals surface area contributed by atoms with Gasteiger partial charge in [0.1, 0.15) is 10.6 Å². The van der Waals surface area contributed by atoms with E-state index >= 15 is 0 Å². The SMILES string of the molecule is CCc1cc2c(Nc3cccc(Br)c3)nc(NC)nc2s1. The van der Waals surface area contributed by atoms with Gasteiger partial charge in [-0.15, -0.1) is 11.3 Å². The van der Waals surface area contributed by atoms with E-state index in [2.05, 4.69) is 49.5 Å². The molecule has 2 N–H and O–H groups in total. The molecule has 6 heteroatoms. The van der Waals surface area contributed by atoms with Crippen LogP contribution in [0.1, 0.15) is 11.8 Å². The summed E-state index contributed by atoms with van der Waals surface area (Å²) in [6.45, 7) is 2.15. The summed E-state index contributed by atoms with van der Waals surface area (Å²) < 4.78 is 1.03. The average molecular weight is 363 g/mol. The van der Waals surface area contributed by atoms with Gasteiger partial charge in [-0.25, -0.2) is 4.98 Å². The lowest BCUT2D eigenvalue weighted by Gasteiger charge is -2.08. The molecular weight excluding hydrogens is 348 g/mol. The Labute approximate surface area is 135 Å². The largest absolute Gasteiger partial charge is 0.357 e. The van der Waals surface area contributed by atoms with Gasteiger partial charge < -0.3 is 10.6 Å². The summed E-state index contributed by atoms with van der Waals surface area (Å²) in [7, 11) is 1.83. The molecule has 1 aromatic carbocycles. The molecule has 0 saturated carbocycles. The van der Waals surface area contributed by atoms with E-state index in [1.54, 1.807) is 11.3 Å². The number of rotatable bonds is 4. The van der Waals surface area contributed by atoms with Crippen molar-refractivity contribution in [2.45, 2.75) is 13.3 Å². The zero-order valence-corrected chi connectivity index (χ0v) is 14.2. The second kappa shape index (κ2) is 5.99. The number of thiophene rings is 1. The van der Waals surface area contributed by atoms with Gasteiger partial charge in [0, 0.05) is 22.1 Å². The van der Waals surface area contributed by atoms with Gasteiger partial charge >= 0.3 is 0 Å². The van der Waals surface area contributed by atoms with E-state index in [1.807, 2.05) is 31.3 Å². The minimum absolute atomic E-state index is 0.629. The van der Waals surface area contributed by atoms with Crippen LogP contribution in [0.5, 0.6) is 0 Å². The number of fused-ring (bicyclic) bond motifs is 1. The number of hydrogen-bond acceptors (Lipinski definition) is 5. The van der Waals surface area contributed by atoms with Crippen LogP contribution in [0.4, 0.5) is 17.5 Å². The van der Waals surface area contributed by atoms with Crippen molar-refractivity contribution >= 4 is 54.9 Å². The van der Waals surface area contributed by atoms with E-state index in [0.717, 1.165) is 32.6 Å². The summed E-state index contributed by atoms with van der Waals surface area (Å²) in [5.74, 6) is 1.46. The molecule has 2 aromatic heterocycles. The number of aryl methyl sites for hydroxylation is 1. The van der Waals surface area contributed by atoms with Crippen LogP contribution in [-0.4, -0.2) is 17.0 Å². The Morgan fingerprint density at radius 1 is 1.24 bits per heavy atom. The normalized spacial score (nSPS) is 10.8. The Kier molecular flexibility index (Phi) is 4.07. The molecule has 2 heterocycles.